The Kier molecular flexibility index (Phi) is 4.25. The average molecular weight is 423 g/mol. The van der Waals surface area contributed by atoms with Gasteiger partial charge in [-0.3, -0.25) is 4.79 Å². The van der Waals surface area contributed by atoms with Gasteiger partial charge in [0.2, 0.25) is 11.7 Å². The Bertz CT molecular complexity index is 831. The van der Waals surface area contributed by atoms with E-state index in [0.29, 0.717) is 10.4 Å². The molecule has 2 aromatic heterocycles. The molecule has 1 unspecified atom stereocenters. The summed E-state index contributed by atoms with van der Waals surface area (Å²) in [7, 11) is 3.06. The minimum absolute atomic E-state index is 0.0468. The standard InChI is InChI=1S/C13H14BrF3N6O2/c1-6-9-18-19-12(13(15,16)17)23(9)5-4-22(6)10(24)8-7(14)11(25-3)21(2)20-8/h6H,4-5H2,1-3H3. The monoisotopic (exact) mass is 422 g/mol. The number of aromatic nitrogens is 5. The van der Waals surface area contributed by atoms with Crippen molar-refractivity contribution >= 4 is 21.8 Å². The second-order valence-corrected chi connectivity index (χ2v) is 6.29. The topological polar surface area (TPSA) is 78.1 Å². The highest BCUT2D eigenvalue weighted by molar-refractivity contribution is 9.10. The SMILES string of the molecule is COc1c(Br)c(C(=O)N2CCn3c(nnc3C(F)(F)F)C2C)nn1C. The van der Waals surface area contributed by atoms with Crippen molar-refractivity contribution < 1.29 is 22.7 Å². The van der Waals surface area contributed by atoms with Gasteiger partial charge in [-0.1, -0.05) is 0 Å². The van der Waals surface area contributed by atoms with E-state index in [0.717, 1.165) is 4.57 Å². The van der Waals surface area contributed by atoms with Gasteiger partial charge < -0.3 is 14.2 Å². The lowest BCUT2D eigenvalue weighted by atomic mass is 10.2. The Labute approximate surface area is 148 Å². The predicted molar refractivity (Wildman–Crippen MR) is 81.9 cm³/mol. The molecule has 3 heterocycles. The van der Waals surface area contributed by atoms with Gasteiger partial charge in [0.15, 0.2) is 11.5 Å². The van der Waals surface area contributed by atoms with Crippen LogP contribution in [-0.2, 0) is 19.8 Å². The fourth-order valence-electron chi connectivity index (χ4n) is 2.85. The van der Waals surface area contributed by atoms with E-state index in [1.807, 2.05) is 0 Å². The third-order valence-corrected chi connectivity index (χ3v) is 4.75. The number of hydrogen-bond donors (Lipinski definition) is 0. The molecule has 1 atom stereocenters. The number of halogens is 4. The first-order valence-corrected chi connectivity index (χ1v) is 8.03. The maximum Gasteiger partial charge on any atom is 0.451 e. The lowest BCUT2D eigenvalue weighted by molar-refractivity contribution is -0.148. The molecule has 8 nitrogen and oxygen atoms in total. The van der Waals surface area contributed by atoms with Gasteiger partial charge in [0, 0.05) is 20.1 Å². The highest BCUT2D eigenvalue weighted by Gasteiger charge is 2.42. The summed E-state index contributed by atoms with van der Waals surface area (Å²) in [5.41, 5.74) is 0.121. The third-order valence-electron chi connectivity index (χ3n) is 4.04. The second-order valence-electron chi connectivity index (χ2n) is 5.50. The Balaban J connectivity index is 1.93. The summed E-state index contributed by atoms with van der Waals surface area (Å²) in [4.78, 5) is 14.2. The first-order chi connectivity index (χ1) is 11.7. The molecule has 25 heavy (non-hydrogen) atoms. The van der Waals surface area contributed by atoms with E-state index in [1.54, 1.807) is 14.0 Å². The molecular weight excluding hydrogens is 409 g/mol. The van der Waals surface area contributed by atoms with E-state index in [-0.39, 0.29) is 24.6 Å². The summed E-state index contributed by atoms with van der Waals surface area (Å²) in [6, 6.07) is -0.676. The lowest BCUT2D eigenvalue weighted by Gasteiger charge is -2.33. The molecule has 1 aliphatic rings. The number of nitrogens with zero attached hydrogens (tertiary/aromatic N) is 6. The molecule has 1 amide bonds. The predicted octanol–water partition coefficient (Wildman–Crippen LogP) is 2.02. The number of amides is 1. The Morgan fingerprint density at radius 2 is 2.00 bits per heavy atom. The van der Waals surface area contributed by atoms with Crippen LogP contribution in [0, 0.1) is 0 Å². The molecule has 0 aliphatic carbocycles. The summed E-state index contributed by atoms with van der Waals surface area (Å²) < 4.78 is 46.8. The largest absolute Gasteiger partial charge is 0.480 e. The Hall–Kier alpha value is -2.11. The maximum absolute atomic E-state index is 13.0. The van der Waals surface area contributed by atoms with Crippen molar-refractivity contribution in [3.8, 4) is 5.88 Å². The number of ether oxygens (including phenoxy) is 1. The molecule has 2 aromatic rings. The minimum atomic E-state index is -4.59. The molecule has 1 aliphatic heterocycles. The molecule has 0 fully saturated rings. The van der Waals surface area contributed by atoms with Crippen LogP contribution in [-0.4, -0.2) is 49.0 Å². The van der Waals surface area contributed by atoms with Gasteiger partial charge in [0.05, 0.1) is 13.2 Å². The quantitative estimate of drug-likeness (QED) is 0.739. The Morgan fingerprint density at radius 1 is 1.32 bits per heavy atom. The van der Waals surface area contributed by atoms with E-state index in [9.17, 15) is 18.0 Å². The highest BCUT2D eigenvalue weighted by Crippen LogP contribution is 2.34. The van der Waals surface area contributed by atoms with Crippen LogP contribution in [0.25, 0.3) is 0 Å². The van der Waals surface area contributed by atoms with Crippen molar-refractivity contribution in [3.63, 3.8) is 0 Å². The van der Waals surface area contributed by atoms with E-state index in [4.69, 9.17) is 4.74 Å². The van der Waals surface area contributed by atoms with E-state index in [1.165, 1.54) is 16.7 Å². The summed E-state index contributed by atoms with van der Waals surface area (Å²) in [5, 5.41) is 11.0. The zero-order valence-corrected chi connectivity index (χ0v) is 15.1. The number of rotatable bonds is 2. The van der Waals surface area contributed by atoms with Gasteiger partial charge in [-0.25, -0.2) is 4.68 Å². The van der Waals surface area contributed by atoms with Crippen LogP contribution in [0.15, 0.2) is 4.47 Å². The second kappa shape index (κ2) is 6.00. The number of carbonyl (C=O) groups is 1. The van der Waals surface area contributed by atoms with Crippen LogP contribution in [0.3, 0.4) is 0 Å². The molecule has 0 saturated heterocycles. The van der Waals surface area contributed by atoms with Gasteiger partial charge in [0.25, 0.3) is 5.91 Å². The van der Waals surface area contributed by atoms with Crippen LogP contribution in [0.5, 0.6) is 5.88 Å². The molecule has 12 heteroatoms. The number of hydrogen-bond acceptors (Lipinski definition) is 5. The van der Waals surface area contributed by atoms with Gasteiger partial charge >= 0.3 is 6.18 Å². The van der Waals surface area contributed by atoms with E-state index in [2.05, 4.69) is 31.2 Å². The molecule has 0 radical (unpaired) electrons. The van der Waals surface area contributed by atoms with Crippen LogP contribution in [0.1, 0.15) is 35.1 Å². The van der Waals surface area contributed by atoms with Crippen molar-refractivity contribution in [3.05, 3.63) is 21.8 Å². The number of methoxy groups -OCH3 is 1. The summed E-state index contributed by atoms with van der Waals surface area (Å²) in [6.45, 7) is 1.64. The molecular formula is C13H14BrF3N6O2. The lowest BCUT2D eigenvalue weighted by Crippen LogP contribution is -2.42. The highest BCUT2D eigenvalue weighted by atomic mass is 79.9. The molecule has 0 aromatic carbocycles. The molecule has 0 saturated carbocycles. The zero-order valence-electron chi connectivity index (χ0n) is 13.5. The van der Waals surface area contributed by atoms with Gasteiger partial charge in [-0.05, 0) is 22.9 Å². The van der Waals surface area contributed by atoms with Crippen LogP contribution in [0.4, 0.5) is 13.2 Å². The minimum Gasteiger partial charge on any atom is -0.480 e. The summed E-state index contributed by atoms with van der Waals surface area (Å²) >= 11 is 3.27. The molecule has 3 rings (SSSR count). The Morgan fingerprint density at radius 3 is 2.56 bits per heavy atom. The molecule has 0 bridgehead atoms. The maximum atomic E-state index is 13.0. The molecule has 0 N–H and O–H groups in total. The zero-order chi connectivity index (χ0) is 18.5. The number of fused-ring (bicyclic) bond motifs is 1. The molecule has 136 valence electrons. The number of carbonyl (C=O) groups excluding carboxylic acids is 1. The third kappa shape index (κ3) is 2.77. The normalized spacial score (nSPS) is 17.6. The van der Waals surface area contributed by atoms with Gasteiger partial charge in [0.1, 0.15) is 4.47 Å². The van der Waals surface area contributed by atoms with Crippen molar-refractivity contribution in [2.24, 2.45) is 7.05 Å². The van der Waals surface area contributed by atoms with Crippen molar-refractivity contribution in [2.75, 3.05) is 13.7 Å². The van der Waals surface area contributed by atoms with Crippen LogP contribution in [0.2, 0.25) is 0 Å². The average Bonchev–Trinajstić information content (AvgIpc) is 3.08. The van der Waals surface area contributed by atoms with E-state index < -0.39 is 23.9 Å². The van der Waals surface area contributed by atoms with Gasteiger partial charge in [-0.2, -0.15) is 18.3 Å². The van der Waals surface area contributed by atoms with E-state index >= 15 is 0 Å². The number of aryl methyl sites for hydroxylation is 1. The van der Waals surface area contributed by atoms with Gasteiger partial charge in [-0.15, -0.1) is 10.2 Å². The summed E-state index contributed by atoms with van der Waals surface area (Å²) in [6.07, 6.45) is -4.59. The van der Waals surface area contributed by atoms with Crippen LogP contribution < -0.4 is 4.74 Å². The summed E-state index contributed by atoms with van der Waals surface area (Å²) in [5.74, 6) is -1.02. The fraction of sp³-hybridized carbons (Fsp3) is 0.538. The van der Waals surface area contributed by atoms with Crippen LogP contribution >= 0.6 is 15.9 Å². The first kappa shape index (κ1) is 17.7. The molecule has 0 spiro atoms. The first-order valence-electron chi connectivity index (χ1n) is 7.24. The fourth-order valence-corrected chi connectivity index (χ4v) is 3.52. The number of alkyl halides is 3. The van der Waals surface area contributed by atoms with Crippen molar-refractivity contribution in [1.82, 2.24) is 29.4 Å². The van der Waals surface area contributed by atoms with Crippen molar-refractivity contribution in [1.29, 1.82) is 0 Å². The van der Waals surface area contributed by atoms with Crippen molar-refractivity contribution in [2.45, 2.75) is 25.7 Å². The smallest absolute Gasteiger partial charge is 0.451 e.